The molecule has 4 nitrogen and oxygen atoms in total. The molecular weight excluding hydrogens is 192 g/mol. The van der Waals surface area contributed by atoms with Crippen LogP contribution in [0.1, 0.15) is 19.8 Å². The van der Waals surface area contributed by atoms with E-state index in [0.717, 1.165) is 13.1 Å². The van der Waals surface area contributed by atoms with E-state index < -0.39 is 0 Å². The Kier molecular flexibility index (Phi) is 5.65. The second kappa shape index (κ2) is 6.80. The minimum absolute atomic E-state index is 0.00470. The molecule has 88 valence electrons. The first kappa shape index (κ1) is 12.5. The minimum Gasteiger partial charge on any atom is -0.372 e. The number of nitrogens with one attached hydrogen (secondary N) is 1. The summed E-state index contributed by atoms with van der Waals surface area (Å²) in [5.74, 6) is 0.611. The Hall–Kier alpha value is -0.610. The van der Waals surface area contributed by atoms with Crippen molar-refractivity contribution in [3.8, 4) is 0 Å². The highest BCUT2D eigenvalue weighted by molar-refractivity contribution is 5.77. The van der Waals surface area contributed by atoms with Crippen LogP contribution in [0.3, 0.4) is 0 Å². The van der Waals surface area contributed by atoms with Gasteiger partial charge in [0.1, 0.15) is 6.61 Å². The summed E-state index contributed by atoms with van der Waals surface area (Å²) < 4.78 is 5.03. The molecule has 0 aliphatic carbocycles. The van der Waals surface area contributed by atoms with Crippen LogP contribution >= 0.6 is 0 Å². The number of carbonyl (C=O) groups excluding carboxylic acids is 1. The van der Waals surface area contributed by atoms with E-state index in [1.807, 2.05) is 6.92 Å². The molecule has 0 aromatic heterocycles. The summed E-state index contributed by atoms with van der Waals surface area (Å²) in [5, 5.41) is 2.92. The summed E-state index contributed by atoms with van der Waals surface area (Å²) in [6.07, 6.45) is 2.46. The maximum absolute atomic E-state index is 11.3. The van der Waals surface area contributed by atoms with E-state index in [2.05, 4.69) is 17.3 Å². The largest absolute Gasteiger partial charge is 0.372 e. The SMILES string of the molecule is CCOCC(=O)NC[C@H]1CCCN(C)C1. The zero-order chi connectivity index (χ0) is 11.1. The highest BCUT2D eigenvalue weighted by atomic mass is 16.5. The molecule has 0 bridgehead atoms. The fourth-order valence-corrected chi connectivity index (χ4v) is 1.94. The van der Waals surface area contributed by atoms with Gasteiger partial charge in [-0.2, -0.15) is 0 Å². The molecule has 1 heterocycles. The van der Waals surface area contributed by atoms with Gasteiger partial charge in [0.2, 0.25) is 5.91 Å². The van der Waals surface area contributed by atoms with Crippen molar-refractivity contribution in [2.24, 2.45) is 5.92 Å². The third kappa shape index (κ3) is 5.14. The van der Waals surface area contributed by atoms with Crippen LogP contribution in [0.25, 0.3) is 0 Å². The fraction of sp³-hybridized carbons (Fsp3) is 0.909. The van der Waals surface area contributed by atoms with Crippen molar-refractivity contribution >= 4 is 5.91 Å². The van der Waals surface area contributed by atoms with E-state index in [4.69, 9.17) is 4.74 Å². The summed E-state index contributed by atoms with van der Waals surface area (Å²) in [7, 11) is 2.13. The van der Waals surface area contributed by atoms with Crippen LogP contribution in [-0.4, -0.2) is 50.7 Å². The molecule has 1 saturated heterocycles. The van der Waals surface area contributed by atoms with Crippen molar-refractivity contribution in [1.29, 1.82) is 0 Å². The first-order valence-corrected chi connectivity index (χ1v) is 5.75. The van der Waals surface area contributed by atoms with E-state index in [-0.39, 0.29) is 12.5 Å². The third-order valence-electron chi connectivity index (χ3n) is 2.75. The Morgan fingerprint density at radius 1 is 1.60 bits per heavy atom. The maximum Gasteiger partial charge on any atom is 0.246 e. The Morgan fingerprint density at radius 3 is 3.07 bits per heavy atom. The molecule has 15 heavy (non-hydrogen) atoms. The van der Waals surface area contributed by atoms with Gasteiger partial charge < -0.3 is 15.0 Å². The van der Waals surface area contributed by atoms with Crippen molar-refractivity contribution in [2.75, 3.05) is 39.9 Å². The molecule has 1 N–H and O–H groups in total. The average molecular weight is 214 g/mol. The van der Waals surface area contributed by atoms with E-state index in [1.165, 1.54) is 19.4 Å². The number of likely N-dealkylation sites (tertiary alicyclic amines) is 1. The molecule has 1 amide bonds. The van der Waals surface area contributed by atoms with E-state index in [1.54, 1.807) is 0 Å². The van der Waals surface area contributed by atoms with Gasteiger partial charge in [0.05, 0.1) is 0 Å². The standard InChI is InChI=1S/C11H22N2O2/c1-3-15-9-11(14)12-7-10-5-4-6-13(2)8-10/h10H,3-9H2,1-2H3,(H,12,14)/t10-/m1/s1. The van der Waals surface area contributed by atoms with Crippen molar-refractivity contribution in [3.05, 3.63) is 0 Å². The third-order valence-corrected chi connectivity index (χ3v) is 2.75. The molecular formula is C11H22N2O2. The molecule has 0 saturated carbocycles. The highest BCUT2D eigenvalue weighted by Gasteiger charge is 2.17. The second-order valence-electron chi connectivity index (χ2n) is 4.21. The van der Waals surface area contributed by atoms with Gasteiger partial charge in [-0.05, 0) is 39.3 Å². The van der Waals surface area contributed by atoms with Gasteiger partial charge in [0.25, 0.3) is 0 Å². The topological polar surface area (TPSA) is 41.6 Å². The van der Waals surface area contributed by atoms with Crippen LogP contribution in [-0.2, 0) is 9.53 Å². The zero-order valence-corrected chi connectivity index (χ0v) is 9.79. The molecule has 0 spiro atoms. The van der Waals surface area contributed by atoms with Crippen LogP contribution in [0.2, 0.25) is 0 Å². The quantitative estimate of drug-likeness (QED) is 0.724. The van der Waals surface area contributed by atoms with Gasteiger partial charge >= 0.3 is 0 Å². The number of hydrogen-bond donors (Lipinski definition) is 1. The lowest BCUT2D eigenvalue weighted by Crippen LogP contribution is -2.40. The number of hydrogen-bond acceptors (Lipinski definition) is 3. The molecule has 1 aliphatic rings. The highest BCUT2D eigenvalue weighted by Crippen LogP contribution is 2.13. The summed E-state index contributed by atoms with van der Waals surface area (Å²) >= 11 is 0. The second-order valence-corrected chi connectivity index (χ2v) is 4.21. The number of carbonyl (C=O) groups is 1. The molecule has 0 aromatic carbocycles. The van der Waals surface area contributed by atoms with Crippen LogP contribution in [0.5, 0.6) is 0 Å². The van der Waals surface area contributed by atoms with Gasteiger partial charge in [-0.25, -0.2) is 0 Å². The van der Waals surface area contributed by atoms with Crippen LogP contribution in [0.15, 0.2) is 0 Å². The molecule has 1 atom stereocenters. The van der Waals surface area contributed by atoms with Crippen molar-refractivity contribution in [1.82, 2.24) is 10.2 Å². The zero-order valence-electron chi connectivity index (χ0n) is 9.79. The van der Waals surface area contributed by atoms with Gasteiger partial charge in [-0.15, -0.1) is 0 Å². The smallest absolute Gasteiger partial charge is 0.246 e. The molecule has 4 heteroatoms. The van der Waals surface area contributed by atoms with Crippen LogP contribution in [0, 0.1) is 5.92 Å². The molecule has 1 rings (SSSR count). The van der Waals surface area contributed by atoms with Crippen molar-refractivity contribution in [2.45, 2.75) is 19.8 Å². The van der Waals surface area contributed by atoms with Crippen molar-refractivity contribution in [3.63, 3.8) is 0 Å². The number of ether oxygens (including phenoxy) is 1. The minimum atomic E-state index is 0.00470. The Labute approximate surface area is 92.0 Å². The molecule has 1 aliphatic heterocycles. The lowest BCUT2D eigenvalue weighted by atomic mass is 9.98. The summed E-state index contributed by atoms with van der Waals surface area (Å²) in [5.41, 5.74) is 0. The summed E-state index contributed by atoms with van der Waals surface area (Å²) in [6, 6.07) is 0. The van der Waals surface area contributed by atoms with Gasteiger partial charge in [0, 0.05) is 19.7 Å². The first-order chi connectivity index (χ1) is 7.22. The molecule has 0 unspecified atom stereocenters. The molecule has 0 aromatic rings. The summed E-state index contributed by atoms with van der Waals surface area (Å²) in [6.45, 7) is 5.75. The number of piperidine rings is 1. The average Bonchev–Trinajstić information content (AvgIpc) is 2.23. The van der Waals surface area contributed by atoms with E-state index >= 15 is 0 Å². The van der Waals surface area contributed by atoms with Crippen LogP contribution in [0.4, 0.5) is 0 Å². The Bertz CT molecular complexity index is 197. The molecule has 1 fully saturated rings. The maximum atomic E-state index is 11.3. The molecule has 0 radical (unpaired) electrons. The Morgan fingerprint density at radius 2 is 2.40 bits per heavy atom. The van der Waals surface area contributed by atoms with E-state index in [9.17, 15) is 4.79 Å². The normalized spacial score (nSPS) is 22.7. The monoisotopic (exact) mass is 214 g/mol. The Balaban J connectivity index is 2.10. The fourth-order valence-electron chi connectivity index (χ4n) is 1.94. The first-order valence-electron chi connectivity index (χ1n) is 5.75. The lowest BCUT2D eigenvalue weighted by molar-refractivity contribution is -0.125. The van der Waals surface area contributed by atoms with Crippen LogP contribution < -0.4 is 5.32 Å². The van der Waals surface area contributed by atoms with Gasteiger partial charge in [0.15, 0.2) is 0 Å². The van der Waals surface area contributed by atoms with Crippen molar-refractivity contribution < 1.29 is 9.53 Å². The number of amides is 1. The number of nitrogens with zero attached hydrogens (tertiary/aromatic N) is 1. The number of rotatable bonds is 5. The predicted molar refractivity (Wildman–Crippen MR) is 59.7 cm³/mol. The summed E-state index contributed by atoms with van der Waals surface area (Å²) in [4.78, 5) is 13.6. The van der Waals surface area contributed by atoms with Gasteiger partial charge in [-0.1, -0.05) is 0 Å². The predicted octanol–water partition coefficient (Wildman–Crippen LogP) is 0.481. The van der Waals surface area contributed by atoms with E-state index in [0.29, 0.717) is 12.5 Å². The lowest BCUT2D eigenvalue weighted by Gasteiger charge is -2.29. The van der Waals surface area contributed by atoms with Gasteiger partial charge in [-0.3, -0.25) is 4.79 Å².